The summed E-state index contributed by atoms with van der Waals surface area (Å²) in [6, 6.07) is 12.1. The van der Waals surface area contributed by atoms with Gasteiger partial charge in [-0.2, -0.15) is 0 Å². The van der Waals surface area contributed by atoms with Gasteiger partial charge in [-0.05, 0) is 50.6 Å². The topological polar surface area (TPSA) is 48.0 Å². The van der Waals surface area contributed by atoms with Crippen LogP contribution in [0.15, 0.2) is 42.5 Å². The number of carbonyl (C=O) groups excluding carboxylic acids is 1. The summed E-state index contributed by atoms with van der Waals surface area (Å²) in [6.07, 6.45) is 0.275. The number of morpholine rings is 1. The van der Waals surface area contributed by atoms with Gasteiger partial charge in [-0.3, -0.25) is 9.69 Å². The minimum atomic E-state index is -0.466. The Hall–Kier alpha value is -2.15. The molecule has 0 saturated carbocycles. The van der Waals surface area contributed by atoms with Gasteiger partial charge in [0.2, 0.25) is 0 Å². The van der Waals surface area contributed by atoms with Gasteiger partial charge in [0.05, 0.1) is 24.2 Å². The first kappa shape index (κ1) is 23.5. The first-order valence-corrected chi connectivity index (χ1v) is 10.8. The van der Waals surface area contributed by atoms with E-state index in [0.717, 1.165) is 12.1 Å². The quantitative estimate of drug-likeness (QED) is 0.546. The standard InChI is InChI=1S/C24H29ClFNO4/c1-24(2,3)31-23(28)11-12-27-13-14-29-22(15-27)17-7-9-18(10-8-17)30-16-19-20(25)5-4-6-21(19)26/h4-10,22H,11-16H2,1-3H3. The zero-order valence-corrected chi connectivity index (χ0v) is 19.0. The van der Waals surface area contributed by atoms with Crippen LogP contribution in [-0.4, -0.2) is 42.7 Å². The SMILES string of the molecule is CC(C)(C)OC(=O)CCN1CCOC(c2ccc(OCc3c(F)cccc3Cl)cc2)C1. The third-order valence-electron chi connectivity index (χ3n) is 4.90. The first-order valence-electron chi connectivity index (χ1n) is 10.4. The van der Waals surface area contributed by atoms with Gasteiger partial charge in [0.1, 0.15) is 23.8 Å². The molecule has 1 aliphatic heterocycles. The average molecular weight is 450 g/mol. The number of halogens is 2. The molecule has 1 saturated heterocycles. The van der Waals surface area contributed by atoms with E-state index in [1.165, 1.54) is 6.07 Å². The monoisotopic (exact) mass is 449 g/mol. The molecule has 0 aliphatic carbocycles. The largest absolute Gasteiger partial charge is 0.489 e. The normalized spacial score (nSPS) is 17.4. The zero-order valence-electron chi connectivity index (χ0n) is 18.2. The molecular formula is C24H29ClFNO4. The Morgan fingerprint density at radius 3 is 2.65 bits per heavy atom. The molecule has 1 unspecified atom stereocenters. The van der Waals surface area contributed by atoms with Crippen molar-refractivity contribution in [1.82, 2.24) is 4.90 Å². The molecular weight excluding hydrogens is 421 g/mol. The van der Waals surface area contributed by atoms with Gasteiger partial charge in [-0.15, -0.1) is 0 Å². The molecule has 168 valence electrons. The van der Waals surface area contributed by atoms with E-state index < -0.39 is 5.60 Å². The number of carbonyl (C=O) groups is 1. The second-order valence-corrected chi connectivity index (χ2v) is 8.96. The van der Waals surface area contributed by atoms with E-state index in [2.05, 4.69) is 4.90 Å². The van der Waals surface area contributed by atoms with Gasteiger partial charge in [0.25, 0.3) is 0 Å². The lowest BCUT2D eigenvalue weighted by atomic mass is 10.1. The van der Waals surface area contributed by atoms with E-state index in [1.54, 1.807) is 12.1 Å². The van der Waals surface area contributed by atoms with Gasteiger partial charge in [0.15, 0.2) is 0 Å². The van der Waals surface area contributed by atoms with Crippen molar-refractivity contribution in [2.75, 3.05) is 26.2 Å². The van der Waals surface area contributed by atoms with Crippen molar-refractivity contribution in [2.45, 2.75) is 45.5 Å². The maximum Gasteiger partial charge on any atom is 0.307 e. The number of nitrogens with zero attached hydrogens (tertiary/aromatic N) is 1. The predicted molar refractivity (Wildman–Crippen MR) is 118 cm³/mol. The number of esters is 1. The van der Waals surface area contributed by atoms with Crippen molar-refractivity contribution < 1.29 is 23.4 Å². The molecule has 0 aromatic heterocycles. The summed E-state index contributed by atoms with van der Waals surface area (Å²) in [5.41, 5.74) is 0.897. The van der Waals surface area contributed by atoms with Gasteiger partial charge in [-0.25, -0.2) is 4.39 Å². The molecule has 1 fully saturated rings. The summed E-state index contributed by atoms with van der Waals surface area (Å²) in [5, 5.41) is 0.346. The minimum absolute atomic E-state index is 0.0588. The molecule has 1 heterocycles. The van der Waals surface area contributed by atoms with Crippen molar-refractivity contribution in [1.29, 1.82) is 0 Å². The molecule has 0 radical (unpaired) electrons. The van der Waals surface area contributed by atoms with Crippen LogP contribution in [0.25, 0.3) is 0 Å². The Labute approximate surface area is 188 Å². The summed E-state index contributed by atoms with van der Waals surface area (Å²) in [4.78, 5) is 14.2. The fraction of sp³-hybridized carbons (Fsp3) is 0.458. The fourth-order valence-electron chi connectivity index (χ4n) is 3.35. The zero-order chi connectivity index (χ0) is 22.4. The van der Waals surface area contributed by atoms with Crippen LogP contribution < -0.4 is 4.74 Å². The predicted octanol–water partition coefficient (Wildman–Crippen LogP) is 5.16. The van der Waals surface area contributed by atoms with E-state index in [9.17, 15) is 9.18 Å². The van der Waals surface area contributed by atoms with Crippen LogP contribution in [0, 0.1) is 5.82 Å². The number of hydrogen-bond acceptors (Lipinski definition) is 5. The third-order valence-corrected chi connectivity index (χ3v) is 5.25. The van der Waals surface area contributed by atoms with Crippen LogP contribution in [0.5, 0.6) is 5.75 Å². The Morgan fingerprint density at radius 2 is 1.97 bits per heavy atom. The van der Waals surface area contributed by atoms with Crippen LogP contribution in [0.2, 0.25) is 5.02 Å². The minimum Gasteiger partial charge on any atom is -0.489 e. The molecule has 0 amide bonds. The summed E-state index contributed by atoms with van der Waals surface area (Å²) >= 11 is 6.04. The number of hydrogen-bond donors (Lipinski definition) is 0. The Morgan fingerprint density at radius 1 is 1.23 bits per heavy atom. The van der Waals surface area contributed by atoms with E-state index >= 15 is 0 Å². The Bertz CT molecular complexity index is 862. The van der Waals surface area contributed by atoms with E-state index in [0.29, 0.717) is 42.5 Å². The fourth-order valence-corrected chi connectivity index (χ4v) is 3.57. The maximum atomic E-state index is 13.9. The average Bonchev–Trinajstić information content (AvgIpc) is 2.71. The van der Waals surface area contributed by atoms with E-state index in [-0.39, 0.29) is 24.5 Å². The molecule has 0 bridgehead atoms. The first-order chi connectivity index (χ1) is 14.7. The molecule has 7 heteroatoms. The highest BCUT2D eigenvalue weighted by molar-refractivity contribution is 6.31. The smallest absolute Gasteiger partial charge is 0.307 e. The lowest BCUT2D eigenvalue weighted by Crippen LogP contribution is -2.39. The van der Waals surface area contributed by atoms with Crippen molar-refractivity contribution in [2.24, 2.45) is 0 Å². The lowest BCUT2D eigenvalue weighted by Gasteiger charge is -2.33. The highest BCUT2D eigenvalue weighted by atomic mass is 35.5. The van der Waals surface area contributed by atoms with Crippen LogP contribution in [0.3, 0.4) is 0 Å². The van der Waals surface area contributed by atoms with E-state index in [1.807, 2.05) is 45.0 Å². The molecule has 31 heavy (non-hydrogen) atoms. The highest BCUT2D eigenvalue weighted by Gasteiger charge is 2.23. The van der Waals surface area contributed by atoms with E-state index in [4.69, 9.17) is 25.8 Å². The Kier molecular flexibility index (Phi) is 7.92. The lowest BCUT2D eigenvalue weighted by molar-refractivity contribution is -0.155. The molecule has 1 atom stereocenters. The van der Waals surface area contributed by atoms with Crippen LogP contribution >= 0.6 is 11.6 Å². The highest BCUT2D eigenvalue weighted by Crippen LogP contribution is 2.26. The van der Waals surface area contributed by atoms with Crippen molar-refractivity contribution in [3.05, 3.63) is 64.4 Å². The van der Waals surface area contributed by atoms with Crippen molar-refractivity contribution >= 4 is 17.6 Å². The molecule has 5 nitrogen and oxygen atoms in total. The molecule has 0 spiro atoms. The molecule has 3 rings (SSSR count). The summed E-state index contributed by atoms with van der Waals surface area (Å²) in [5.74, 6) is 0.0545. The second kappa shape index (κ2) is 10.4. The van der Waals surface area contributed by atoms with Gasteiger partial charge in [0, 0.05) is 25.2 Å². The Balaban J connectivity index is 1.51. The van der Waals surface area contributed by atoms with Crippen LogP contribution in [0.4, 0.5) is 4.39 Å². The number of ether oxygens (including phenoxy) is 3. The van der Waals surface area contributed by atoms with Crippen molar-refractivity contribution in [3.8, 4) is 5.75 Å². The summed E-state index contributed by atoms with van der Waals surface area (Å²) in [7, 11) is 0. The van der Waals surface area contributed by atoms with Gasteiger partial charge < -0.3 is 14.2 Å². The van der Waals surface area contributed by atoms with Crippen molar-refractivity contribution in [3.63, 3.8) is 0 Å². The second-order valence-electron chi connectivity index (χ2n) is 8.55. The number of benzene rings is 2. The number of rotatable bonds is 7. The van der Waals surface area contributed by atoms with Gasteiger partial charge >= 0.3 is 5.97 Å². The summed E-state index contributed by atoms with van der Waals surface area (Å²) in [6.45, 7) is 8.39. The van der Waals surface area contributed by atoms with Crippen LogP contribution in [0.1, 0.15) is 44.4 Å². The van der Waals surface area contributed by atoms with Crippen LogP contribution in [-0.2, 0) is 20.9 Å². The summed E-state index contributed by atoms with van der Waals surface area (Å²) < 4.78 is 30.9. The van der Waals surface area contributed by atoms with Gasteiger partial charge in [-0.1, -0.05) is 29.8 Å². The molecule has 1 aliphatic rings. The maximum absolute atomic E-state index is 13.9. The molecule has 2 aromatic rings. The molecule has 0 N–H and O–H groups in total. The molecule has 2 aromatic carbocycles. The third kappa shape index (κ3) is 7.20.